The molecule has 180 valence electrons. The topological polar surface area (TPSA) is 71.1 Å². The number of carbonyl (C=O) groups is 2. The van der Waals surface area contributed by atoms with Crippen LogP contribution in [0.5, 0.6) is 0 Å². The zero-order valence-corrected chi connectivity index (χ0v) is 19.6. The van der Waals surface area contributed by atoms with E-state index in [9.17, 15) is 9.59 Å². The third-order valence-electron chi connectivity index (χ3n) is 4.87. The molecule has 0 radical (unpaired) electrons. The van der Waals surface area contributed by atoms with Crippen molar-refractivity contribution in [1.29, 1.82) is 0 Å². The molecule has 0 aliphatic heterocycles. The van der Waals surface area contributed by atoms with Crippen LogP contribution >= 0.6 is 0 Å². The number of unbranched alkanes of at least 4 members (excludes halogenated alkanes) is 2. The molecular weight excluding hydrogens is 420 g/mol. The summed E-state index contributed by atoms with van der Waals surface area (Å²) < 4.78 is 21.7. The van der Waals surface area contributed by atoms with Gasteiger partial charge in [-0.25, -0.2) is 0 Å². The molecule has 0 bridgehead atoms. The molecule has 2 rings (SSSR count). The van der Waals surface area contributed by atoms with Gasteiger partial charge in [-0.15, -0.1) is 0 Å². The molecule has 6 nitrogen and oxygen atoms in total. The molecule has 0 spiro atoms. The quantitative estimate of drug-likeness (QED) is 0.240. The molecule has 33 heavy (non-hydrogen) atoms. The van der Waals surface area contributed by atoms with E-state index in [1.54, 1.807) is 6.92 Å². The van der Waals surface area contributed by atoms with E-state index in [0.717, 1.165) is 24.0 Å². The van der Waals surface area contributed by atoms with Crippen LogP contribution in [0.2, 0.25) is 0 Å². The van der Waals surface area contributed by atoms with Crippen molar-refractivity contribution >= 4 is 11.9 Å². The van der Waals surface area contributed by atoms with Crippen LogP contribution in [0.25, 0.3) is 0 Å². The third kappa shape index (κ3) is 13.4. The molecule has 0 aliphatic rings. The Bertz CT molecular complexity index is 778. The van der Waals surface area contributed by atoms with Gasteiger partial charge in [-0.3, -0.25) is 9.59 Å². The van der Waals surface area contributed by atoms with Crippen molar-refractivity contribution in [1.82, 2.24) is 0 Å². The highest BCUT2D eigenvalue weighted by Crippen LogP contribution is 2.06. The molecule has 0 fully saturated rings. The summed E-state index contributed by atoms with van der Waals surface area (Å²) in [7, 11) is 0. The lowest BCUT2D eigenvalue weighted by atomic mass is 10.2. The lowest BCUT2D eigenvalue weighted by molar-refractivity contribution is -0.158. The van der Waals surface area contributed by atoms with Gasteiger partial charge in [0.2, 0.25) is 0 Å². The van der Waals surface area contributed by atoms with Gasteiger partial charge in [0.15, 0.2) is 0 Å². The normalized spacial score (nSPS) is 11.7. The summed E-state index contributed by atoms with van der Waals surface area (Å²) in [6.45, 7) is 4.17. The average molecular weight is 457 g/mol. The van der Waals surface area contributed by atoms with Crippen molar-refractivity contribution in [3.8, 4) is 0 Å². The van der Waals surface area contributed by atoms with E-state index in [1.807, 2.05) is 60.7 Å². The highest BCUT2D eigenvalue weighted by atomic mass is 16.6. The number of benzene rings is 2. The van der Waals surface area contributed by atoms with Crippen LogP contribution in [0, 0.1) is 0 Å². The van der Waals surface area contributed by atoms with E-state index < -0.39 is 6.10 Å². The number of rotatable bonds is 17. The molecule has 1 unspecified atom stereocenters. The van der Waals surface area contributed by atoms with Crippen molar-refractivity contribution in [3.63, 3.8) is 0 Å². The number of hydrogen-bond acceptors (Lipinski definition) is 6. The van der Waals surface area contributed by atoms with Crippen LogP contribution in [0.15, 0.2) is 60.7 Å². The molecule has 0 saturated heterocycles. The predicted octanol–water partition coefficient (Wildman–Crippen LogP) is 5.24. The third-order valence-corrected chi connectivity index (χ3v) is 4.87. The molecule has 0 N–H and O–H groups in total. The molecule has 0 aromatic heterocycles. The Balaban J connectivity index is 1.40. The second kappa shape index (κ2) is 16.9. The van der Waals surface area contributed by atoms with Crippen molar-refractivity contribution in [2.75, 3.05) is 19.8 Å². The SMILES string of the molecule is CC(COC(=O)CCCCOCc1ccccc1)OC(=O)CCCCOCc1ccccc1. The Labute approximate surface area is 197 Å². The highest BCUT2D eigenvalue weighted by Gasteiger charge is 2.12. The second-order valence-electron chi connectivity index (χ2n) is 7.97. The van der Waals surface area contributed by atoms with E-state index in [4.69, 9.17) is 18.9 Å². The first-order chi connectivity index (χ1) is 16.1. The smallest absolute Gasteiger partial charge is 0.306 e. The number of carbonyl (C=O) groups excluding carboxylic acids is 2. The number of esters is 2. The fraction of sp³-hybridized carbons (Fsp3) is 0.481. The zero-order chi connectivity index (χ0) is 23.6. The van der Waals surface area contributed by atoms with E-state index in [2.05, 4.69) is 0 Å². The summed E-state index contributed by atoms with van der Waals surface area (Å²) in [5, 5.41) is 0. The zero-order valence-electron chi connectivity index (χ0n) is 19.6. The Kier molecular flexibility index (Phi) is 13.6. The highest BCUT2D eigenvalue weighted by molar-refractivity contribution is 5.70. The summed E-state index contributed by atoms with van der Waals surface area (Å²) >= 11 is 0. The summed E-state index contributed by atoms with van der Waals surface area (Å²) in [5.41, 5.74) is 2.27. The fourth-order valence-corrected chi connectivity index (χ4v) is 3.08. The van der Waals surface area contributed by atoms with Crippen molar-refractivity contribution in [2.45, 2.75) is 64.8 Å². The minimum Gasteiger partial charge on any atom is -0.462 e. The van der Waals surface area contributed by atoms with Crippen LogP contribution in [0.3, 0.4) is 0 Å². The van der Waals surface area contributed by atoms with Crippen molar-refractivity contribution in [3.05, 3.63) is 71.8 Å². The molecule has 0 heterocycles. The number of ether oxygens (including phenoxy) is 4. The first-order valence-electron chi connectivity index (χ1n) is 11.7. The maximum absolute atomic E-state index is 11.9. The number of hydrogen-bond donors (Lipinski definition) is 0. The summed E-state index contributed by atoms with van der Waals surface area (Å²) in [6, 6.07) is 20.0. The maximum Gasteiger partial charge on any atom is 0.306 e. The van der Waals surface area contributed by atoms with Gasteiger partial charge in [-0.05, 0) is 43.7 Å². The Morgan fingerprint density at radius 3 is 1.70 bits per heavy atom. The average Bonchev–Trinajstić information content (AvgIpc) is 2.83. The fourth-order valence-electron chi connectivity index (χ4n) is 3.08. The minimum atomic E-state index is -0.454. The predicted molar refractivity (Wildman–Crippen MR) is 126 cm³/mol. The van der Waals surface area contributed by atoms with Gasteiger partial charge in [0.1, 0.15) is 12.7 Å². The van der Waals surface area contributed by atoms with Crippen LogP contribution in [-0.4, -0.2) is 37.9 Å². The van der Waals surface area contributed by atoms with E-state index in [1.165, 1.54) is 0 Å². The molecule has 6 heteroatoms. The van der Waals surface area contributed by atoms with Gasteiger partial charge < -0.3 is 18.9 Å². The van der Waals surface area contributed by atoms with Gasteiger partial charge in [0, 0.05) is 26.1 Å². The first kappa shape index (κ1) is 26.6. The first-order valence-corrected chi connectivity index (χ1v) is 11.7. The Morgan fingerprint density at radius 1 is 0.697 bits per heavy atom. The maximum atomic E-state index is 11.9. The molecular formula is C27H36O6. The standard InChI is InChI=1S/C27H36O6/c1-23(33-27(29)17-9-11-19-31-22-25-14-6-3-7-15-25)20-32-26(28)16-8-10-18-30-21-24-12-4-2-5-13-24/h2-7,12-15,23H,8-11,16-22H2,1H3. The second-order valence-corrected chi connectivity index (χ2v) is 7.97. The molecule has 0 aliphatic carbocycles. The Morgan fingerprint density at radius 2 is 1.18 bits per heavy atom. The van der Waals surface area contributed by atoms with Crippen LogP contribution in [0.1, 0.15) is 56.6 Å². The van der Waals surface area contributed by atoms with Gasteiger partial charge in [0.05, 0.1) is 13.2 Å². The van der Waals surface area contributed by atoms with E-state index in [0.29, 0.717) is 52.1 Å². The summed E-state index contributed by atoms with van der Waals surface area (Å²) in [6.07, 6.45) is 3.20. The van der Waals surface area contributed by atoms with Gasteiger partial charge in [-0.1, -0.05) is 60.7 Å². The monoisotopic (exact) mass is 456 g/mol. The van der Waals surface area contributed by atoms with Gasteiger partial charge in [0.25, 0.3) is 0 Å². The summed E-state index contributed by atoms with van der Waals surface area (Å²) in [4.78, 5) is 23.8. The minimum absolute atomic E-state index is 0.0786. The molecule has 2 aromatic rings. The van der Waals surface area contributed by atoms with Crippen molar-refractivity contribution in [2.24, 2.45) is 0 Å². The van der Waals surface area contributed by atoms with Crippen LogP contribution in [-0.2, 0) is 41.8 Å². The molecule has 0 saturated carbocycles. The molecule has 0 amide bonds. The van der Waals surface area contributed by atoms with Gasteiger partial charge in [-0.2, -0.15) is 0 Å². The molecule has 2 aromatic carbocycles. The lowest BCUT2D eigenvalue weighted by Gasteiger charge is -2.13. The van der Waals surface area contributed by atoms with E-state index in [-0.39, 0.29) is 18.5 Å². The van der Waals surface area contributed by atoms with E-state index >= 15 is 0 Å². The lowest BCUT2D eigenvalue weighted by Crippen LogP contribution is -2.22. The largest absolute Gasteiger partial charge is 0.462 e. The van der Waals surface area contributed by atoms with Crippen molar-refractivity contribution < 1.29 is 28.5 Å². The molecule has 1 atom stereocenters. The summed E-state index contributed by atoms with van der Waals surface area (Å²) in [5.74, 6) is -0.561. The van der Waals surface area contributed by atoms with Crippen LogP contribution in [0.4, 0.5) is 0 Å². The Hall–Kier alpha value is -2.70. The van der Waals surface area contributed by atoms with Crippen LogP contribution < -0.4 is 0 Å². The van der Waals surface area contributed by atoms with Gasteiger partial charge >= 0.3 is 11.9 Å².